The maximum atomic E-state index is 10.5. The molecule has 3 heteroatoms. The molecule has 2 rings (SSSR count). The standard InChI is InChI=1S/C17H27NO2/c1-3-16(11-19)18-12(2)17(20)15-9-8-13-6-4-5-7-14(13)10-15/h8-10,12,16-20H,3-7,11H2,1-2H3. The highest BCUT2D eigenvalue weighted by atomic mass is 16.3. The van der Waals surface area contributed by atoms with Crippen molar-refractivity contribution in [3.63, 3.8) is 0 Å². The quantitative estimate of drug-likeness (QED) is 0.748. The SMILES string of the molecule is CCC(CO)NC(C)C(O)c1ccc2c(c1)CCCC2. The van der Waals surface area contributed by atoms with Gasteiger partial charge in [0.1, 0.15) is 0 Å². The van der Waals surface area contributed by atoms with Crippen molar-refractivity contribution in [3.8, 4) is 0 Å². The van der Waals surface area contributed by atoms with Gasteiger partial charge in [0.15, 0.2) is 0 Å². The molecule has 20 heavy (non-hydrogen) atoms. The Labute approximate surface area is 122 Å². The molecule has 3 nitrogen and oxygen atoms in total. The molecule has 0 fully saturated rings. The molecular weight excluding hydrogens is 250 g/mol. The maximum absolute atomic E-state index is 10.5. The molecule has 0 amide bonds. The van der Waals surface area contributed by atoms with Gasteiger partial charge in [-0.25, -0.2) is 0 Å². The van der Waals surface area contributed by atoms with Crippen LogP contribution in [0.4, 0.5) is 0 Å². The van der Waals surface area contributed by atoms with E-state index in [0.717, 1.165) is 18.4 Å². The lowest BCUT2D eigenvalue weighted by atomic mass is 9.88. The van der Waals surface area contributed by atoms with E-state index in [0.29, 0.717) is 0 Å². The average Bonchev–Trinajstić information content (AvgIpc) is 2.51. The van der Waals surface area contributed by atoms with Crippen LogP contribution in [0.3, 0.4) is 0 Å². The van der Waals surface area contributed by atoms with Crippen LogP contribution in [0.1, 0.15) is 55.9 Å². The summed E-state index contributed by atoms with van der Waals surface area (Å²) in [6.45, 7) is 4.12. The van der Waals surface area contributed by atoms with Crippen LogP contribution in [0, 0.1) is 0 Å². The molecular formula is C17H27NO2. The van der Waals surface area contributed by atoms with Gasteiger partial charge in [-0.15, -0.1) is 0 Å². The molecule has 112 valence electrons. The van der Waals surface area contributed by atoms with Crippen LogP contribution in [0.15, 0.2) is 18.2 Å². The summed E-state index contributed by atoms with van der Waals surface area (Å²) < 4.78 is 0. The smallest absolute Gasteiger partial charge is 0.0940 e. The van der Waals surface area contributed by atoms with Crippen LogP contribution < -0.4 is 5.32 Å². The van der Waals surface area contributed by atoms with Gasteiger partial charge in [-0.3, -0.25) is 0 Å². The molecule has 0 saturated carbocycles. The second kappa shape index (κ2) is 7.21. The molecule has 0 radical (unpaired) electrons. The van der Waals surface area contributed by atoms with Gasteiger partial charge in [0.25, 0.3) is 0 Å². The third-order valence-electron chi connectivity index (χ3n) is 4.40. The van der Waals surface area contributed by atoms with E-state index in [1.807, 2.05) is 19.9 Å². The Balaban J connectivity index is 2.06. The zero-order chi connectivity index (χ0) is 14.5. The Morgan fingerprint density at radius 2 is 1.90 bits per heavy atom. The molecule has 0 saturated heterocycles. The Kier molecular flexibility index (Phi) is 5.58. The van der Waals surface area contributed by atoms with Gasteiger partial charge in [-0.2, -0.15) is 0 Å². The third kappa shape index (κ3) is 3.60. The summed E-state index contributed by atoms with van der Waals surface area (Å²) in [5.41, 5.74) is 3.82. The summed E-state index contributed by atoms with van der Waals surface area (Å²) in [5, 5.41) is 23.0. The van der Waals surface area contributed by atoms with Gasteiger partial charge in [0.05, 0.1) is 12.7 Å². The molecule has 1 aliphatic rings. The van der Waals surface area contributed by atoms with Crippen molar-refractivity contribution >= 4 is 0 Å². The minimum atomic E-state index is -0.525. The van der Waals surface area contributed by atoms with Crippen molar-refractivity contribution in [2.75, 3.05) is 6.61 Å². The number of rotatable bonds is 6. The number of aliphatic hydroxyl groups is 2. The molecule has 3 unspecified atom stereocenters. The van der Waals surface area contributed by atoms with Crippen LogP contribution in [-0.4, -0.2) is 28.9 Å². The van der Waals surface area contributed by atoms with Gasteiger partial charge >= 0.3 is 0 Å². The number of hydrogen-bond acceptors (Lipinski definition) is 3. The molecule has 3 atom stereocenters. The van der Waals surface area contributed by atoms with E-state index >= 15 is 0 Å². The minimum absolute atomic E-state index is 0.0530. The molecule has 1 aromatic carbocycles. The number of benzene rings is 1. The van der Waals surface area contributed by atoms with Crippen molar-refractivity contribution in [3.05, 3.63) is 34.9 Å². The third-order valence-corrected chi connectivity index (χ3v) is 4.40. The van der Waals surface area contributed by atoms with Crippen molar-refractivity contribution in [2.24, 2.45) is 0 Å². The summed E-state index contributed by atoms with van der Waals surface area (Å²) >= 11 is 0. The summed E-state index contributed by atoms with van der Waals surface area (Å²) in [7, 11) is 0. The maximum Gasteiger partial charge on any atom is 0.0940 e. The highest BCUT2D eigenvalue weighted by Gasteiger charge is 2.20. The van der Waals surface area contributed by atoms with Crippen LogP contribution in [0.2, 0.25) is 0 Å². The van der Waals surface area contributed by atoms with E-state index in [2.05, 4.69) is 17.4 Å². The highest BCUT2D eigenvalue weighted by molar-refractivity contribution is 5.35. The predicted molar refractivity (Wildman–Crippen MR) is 81.8 cm³/mol. The Morgan fingerprint density at radius 1 is 1.20 bits per heavy atom. The first-order chi connectivity index (χ1) is 9.65. The van der Waals surface area contributed by atoms with Crippen molar-refractivity contribution in [1.82, 2.24) is 5.32 Å². The van der Waals surface area contributed by atoms with Gasteiger partial charge in [0, 0.05) is 12.1 Å². The molecule has 0 spiro atoms. The van der Waals surface area contributed by atoms with E-state index in [9.17, 15) is 10.2 Å². The molecule has 0 bridgehead atoms. The van der Waals surface area contributed by atoms with Gasteiger partial charge in [-0.1, -0.05) is 25.1 Å². The van der Waals surface area contributed by atoms with Crippen LogP contribution in [0.5, 0.6) is 0 Å². The fourth-order valence-corrected chi connectivity index (χ4v) is 2.99. The van der Waals surface area contributed by atoms with Crippen LogP contribution in [-0.2, 0) is 12.8 Å². The lowest BCUT2D eigenvalue weighted by Gasteiger charge is -2.26. The number of hydrogen-bond donors (Lipinski definition) is 3. The number of aliphatic hydroxyl groups excluding tert-OH is 2. The number of fused-ring (bicyclic) bond motifs is 1. The molecule has 0 heterocycles. The second-order valence-corrected chi connectivity index (χ2v) is 5.92. The molecule has 3 N–H and O–H groups in total. The predicted octanol–water partition coefficient (Wildman–Crippen LogP) is 2.35. The van der Waals surface area contributed by atoms with Crippen LogP contribution in [0.25, 0.3) is 0 Å². The zero-order valence-corrected chi connectivity index (χ0v) is 12.6. The Bertz CT molecular complexity index is 429. The summed E-state index contributed by atoms with van der Waals surface area (Å²) in [6.07, 6.45) is 5.17. The van der Waals surface area contributed by atoms with E-state index < -0.39 is 6.10 Å². The first-order valence-electron chi connectivity index (χ1n) is 7.82. The highest BCUT2D eigenvalue weighted by Crippen LogP contribution is 2.26. The largest absolute Gasteiger partial charge is 0.395 e. The van der Waals surface area contributed by atoms with Crippen molar-refractivity contribution in [1.29, 1.82) is 0 Å². The normalized spacial score (nSPS) is 19.2. The fourth-order valence-electron chi connectivity index (χ4n) is 2.99. The van der Waals surface area contributed by atoms with Crippen LogP contribution >= 0.6 is 0 Å². The molecule has 1 aliphatic carbocycles. The van der Waals surface area contributed by atoms with E-state index in [-0.39, 0.29) is 18.7 Å². The Morgan fingerprint density at radius 3 is 2.55 bits per heavy atom. The Hall–Kier alpha value is -0.900. The van der Waals surface area contributed by atoms with Gasteiger partial charge in [0.2, 0.25) is 0 Å². The summed E-state index contributed by atoms with van der Waals surface area (Å²) in [4.78, 5) is 0. The topological polar surface area (TPSA) is 52.5 Å². The molecule has 1 aromatic rings. The summed E-state index contributed by atoms with van der Waals surface area (Å²) in [5.74, 6) is 0. The summed E-state index contributed by atoms with van der Waals surface area (Å²) in [6, 6.07) is 6.37. The van der Waals surface area contributed by atoms with E-state index in [4.69, 9.17) is 0 Å². The number of aryl methyl sites for hydroxylation is 2. The lowest BCUT2D eigenvalue weighted by Crippen LogP contribution is -2.41. The van der Waals surface area contributed by atoms with E-state index in [1.54, 1.807) is 0 Å². The first kappa shape index (κ1) is 15.5. The fraction of sp³-hybridized carbons (Fsp3) is 0.647. The second-order valence-electron chi connectivity index (χ2n) is 5.92. The minimum Gasteiger partial charge on any atom is -0.395 e. The van der Waals surface area contributed by atoms with Crippen molar-refractivity contribution in [2.45, 2.75) is 64.1 Å². The van der Waals surface area contributed by atoms with E-state index in [1.165, 1.54) is 30.4 Å². The lowest BCUT2D eigenvalue weighted by molar-refractivity contribution is 0.118. The van der Waals surface area contributed by atoms with Crippen molar-refractivity contribution < 1.29 is 10.2 Å². The van der Waals surface area contributed by atoms with Gasteiger partial charge < -0.3 is 15.5 Å². The molecule has 0 aliphatic heterocycles. The first-order valence-corrected chi connectivity index (χ1v) is 7.82. The number of nitrogens with one attached hydrogen (secondary N) is 1. The van der Waals surface area contributed by atoms with Gasteiger partial charge in [-0.05, 0) is 55.7 Å². The zero-order valence-electron chi connectivity index (χ0n) is 12.6. The molecule has 0 aromatic heterocycles. The monoisotopic (exact) mass is 277 g/mol. The average molecular weight is 277 g/mol.